The van der Waals surface area contributed by atoms with Gasteiger partial charge in [0.25, 0.3) is 0 Å². The van der Waals surface area contributed by atoms with Crippen molar-refractivity contribution in [2.24, 2.45) is 0 Å². The fraction of sp³-hybridized carbons (Fsp3) is 0.769. The van der Waals surface area contributed by atoms with Gasteiger partial charge in [-0.15, -0.1) is 11.3 Å². The molecule has 0 aromatic carbocycles. The summed E-state index contributed by atoms with van der Waals surface area (Å²) in [6.07, 6.45) is 2.57. The van der Waals surface area contributed by atoms with Crippen LogP contribution in [0.2, 0.25) is 0 Å². The summed E-state index contributed by atoms with van der Waals surface area (Å²) in [6, 6.07) is 0. The molecule has 18 heavy (non-hydrogen) atoms. The molecule has 1 unspecified atom stereocenters. The van der Waals surface area contributed by atoms with Crippen molar-refractivity contribution in [3.8, 4) is 0 Å². The fourth-order valence-corrected chi connectivity index (χ4v) is 3.32. The van der Waals surface area contributed by atoms with Crippen molar-refractivity contribution in [2.45, 2.75) is 57.4 Å². The molecule has 0 radical (unpaired) electrons. The maximum atomic E-state index is 13.4. The van der Waals surface area contributed by atoms with E-state index >= 15 is 0 Å². The second kappa shape index (κ2) is 6.06. The zero-order valence-electron chi connectivity index (χ0n) is 10.7. The first-order valence-electron chi connectivity index (χ1n) is 6.63. The van der Waals surface area contributed by atoms with Crippen LogP contribution in [0.5, 0.6) is 0 Å². The summed E-state index contributed by atoms with van der Waals surface area (Å²) >= 11 is 1.53. The number of hydrogen-bond donors (Lipinski definition) is 1. The molecule has 2 rings (SSSR count). The van der Waals surface area contributed by atoms with Crippen molar-refractivity contribution < 1.29 is 8.78 Å². The SMILES string of the molecule is CCCNCc1csc(C2CCCC(F)(F)C2)n1. The van der Waals surface area contributed by atoms with E-state index in [-0.39, 0.29) is 18.8 Å². The summed E-state index contributed by atoms with van der Waals surface area (Å²) in [5.74, 6) is -2.53. The predicted molar refractivity (Wildman–Crippen MR) is 70.3 cm³/mol. The van der Waals surface area contributed by atoms with Gasteiger partial charge >= 0.3 is 0 Å². The van der Waals surface area contributed by atoms with Crippen LogP contribution in [0.15, 0.2) is 5.38 Å². The van der Waals surface area contributed by atoms with E-state index in [1.54, 1.807) is 0 Å². The van der Waals surface area contributed by atoms with Crippen molar-refractivity contribution >= 4 is 11.3 Å². The van der Waals surface area contributed by atoms with Crippen molar-refractivity contribution in [3.05, 3.63) is 16.1 Å². The molecule has 0 bridgehead atoms. The minimum atomic E-state index is -2.49. The molecule has 1 aliphatic carbocycles. The van der Waals surface area contributed by atoms with E-state index in [0.717, 1.165) is 36.6 Å². The van der Waals surface area contributed by atoms with Crippen LogP contribution in [-0.4, -0.2) is 17.5 Å². The third kappa shape index (κ3) is 3.72. The average molecular weight is 274 g/mol. The Kier molecular flexibility index (Phi) is 4.67. The Morgan fingerprint density at radius 2 is 2.39 bits per heavy atom. The zero-order valence-corrected chi connectivity index (χ0v) is 11.5. The smallest absolute Gasteiger partial charge is 0.248 e. The van der Waals surface area contributed by atoms with E-state index in [0.29, 0.717) is 6.42 Å². The number of halogens is 2. The normalized spacial score (nSPS) is 23.2. The van der Waals surface area contributed by atoms with Crippen LogP contribution in [0.3, 0.4) is 0 Å². The number of aromatic nitrogens is 1. The van der Waals surface area contributed by atoms with E-state index in [1.165, 1.54) is 11.3 Å². The summed E-state index contributed by atoms with van der Waals surface area (Å²) in [7, 11) is 0. The lowest BCUT2D eigenvalue weighted by molar-refractivity contribution is -0.0408. The minimum absolute atomic E-state index is 0.0255. The Bertz CT molecular complexity index is 379. The summed E-state index contributed by atoms with van der Waals surface area (Å²) in [4.78, 5) is 4.49. The first kappa shape index (κ1) is 13.9. The van der Waals surface area contributed by atoms with Gasteiger partial charge in [-0.1, -0.05) is 6.92 Å². The van der Waals surface area contributed by atoms with E-state index in [9.17, 15) is 8.78 Å². The van der Waals surface area contributed by atoms with Crippen molar-refractivity contribution in [2.75, 3.05) is 6.54 Å². The molecule has 0 aliphatic heterocycles. The van der Waals surface area contributed by atoms with Crippen LogP contribution < -0.4 is 5.32 Å². The molecule has 1 heterocycles. The van der Waals surface area contributed by atoms with Crippen LogP contribution >= 0.6 is 11.3 Å². The van der Waals surface area contributed by atoms with Gasteiger partial charge in [0.15, 0.2) is 0 Å². The number of rotatable bonds is 5. The van der Waals surface area contributed by atoms with Gasteiger partial charge in [-0.25, -0.2) is 13.8 Å². The van der Waals surface area contributed by atoms with E-state index < -0.39 is 5.92 Å². The first-order chi connectivity index (χ1) is 8.61. The third-order valence-corrected chi connectivity index (χ3v) is 4.35. The van der Waals surface area contributed by atoms with Gasteiger partial charge in [0.1, 0.15) is 0 Å². The van der Waals surface area contributed by atoms with E-state index in [2.05, 4.69) is 17.2 Å². The Labute approximate surface area is 111 Å². The quantitative estimate of drug-likeness (QED) is 0.823. The van der Waals surface area contributed by atoms with Gasteiger partial charge in [-0.05, 0) is 25.8 Å². The average Bonchev–Trinajstić information content (AvgIpc) is 2.77. The Morgan fingerprint density at radius 1 is 1.56 bits per heavy atom. The van der Waals surface area contributed by atoms with Gasteiger partial charge in [0, 0.05) is 30.7 Å². The molecule has 1 aliphatic rings. The molecule has 1 aromatic rings. The number of alkyl halides is 2. The first-order valence-corrected chi connectivity index (χ1v) is 7.51. The lowest BCUT2D eigenvalue weighted by Gasteiger charge is -2.27. The molecule has 1 aromatic heterocycles. The summed E-state index contributed by atoms with van der Waals surface area (Å²) < 4.78 is 26.7. The van der Waals surface area contributed by atoms with Crippen molar-refractivity contribution in [1.29, 1.82) is 0 Å². The Morgan fingerprint density at radius 3 is 3.11 bits per heavy atom. The topological polar surface area (TPSA) is 24.9 Å². The van der Waals surface area contributed by atoms with E-state index in [1.807, 2.05) is 5.38 Å². The molecule has 0 amide bonds. The minimum Gasteiger partial charge on any atom is -0.311 e. The summed E-state index contributed by atoms with van der Waals surface area (Å²) in [5.41, 5.74) is 0.984. The van der Waals surface area contributed by atoms with Crippen LogP contribution in [-0.2, 0) is 6.54 Å². The maximum absolute atomic E-state index is 13.4. The third-order valence-electron chi connectivity index (χ3n) is 3.29. The standard InChI is InChI=1S/C13H20F2N2S/c1-2-6-16-8-11-9-18-12(17-11)10-4-3-5-13(14,15)7-10/h9-10,16H,2-8H2,1H3. The maximum Gasteiger partial charge on any atom is 0.248 e. The summed E-state index contributed by atoms with van der Waals surface area (Å²) in [5, 5.41) is 6.16. The van der Waals surface area contributed by atoms with Gasteiger partial charge in [-0.2, -0.15) is 0 Å². The van der Waals surface area contributed by atoms with E-state index in [4.69, 9.17) is 0 Å². The van der Waals surface area contributed by atoms with Crippen molar-refractivity contribution in [3.63, 3.8) is 0 Å². The Balaban J connectivity index is 1.92. The fourth-order valence-electron chi connectivity index (χ4n) is 2.37. The van der Waals surface area contributed by atoms with Crippen LogP contribution in [0.4, 0.5) is 8.78 Å². The molecule has 0 spiro atoms. The van der Waals surface area contributed by atoms with Crippen molar-refractivity contribution in [1.82, 2.24) is 10.3 Å². The van der Waals surface area contributed by atoms with Gasteiger partial charge in [0.05, 0.1) is 10.7 Å². The zero-order chi connectivity index (χ0) is 13.0. The number of hydrogen-bond acceptors (Lipinski definition) is 3. The highest BCUT2D eigenvalue weighted by molar-refractivity contribution is 7.09. The molecule has 1 N–H and O–H groups in total. The van der Waals surface area contributed by atoms with Crippen LogP contribution in [0.1, 0.15) is 55.6 Å². The lowest BCUT2D eigenvalue weighted by atomic mass is 9.87. The molecule has 102 valence electrons. The Hall–Kier alpha value is -0.550. The van der Waals surface area contributed by atoms with Gasteiger partial charge in [-0.3, -0.25) is 0 Å². The highest BCUT2D eigenvalue weighted by atomic mass is 32.1. The molecular weight excluding hydrogens is 254 g/mol. The highest BCUT2D eigenvalue weighted by Gasteiger charge is 2.37. The lowest BCUT2D eigenvalue weighted by Crippen LogP contribution is -2.24. The molecule has 1 fully saturated rings. The van der Waals surface area contributed by atoms with Crippen LogP contribution in [0.25, 0.3) is 0 Å². The second-order valence-electron chi connectivity index (χ2n) is 5.00. The largest absolute Gasteiger partial charge is 0.311 e. The van der Waals surface area contributed by atoms with Gasteiger partial charge < -0.3 is 5.32 Å². The molecule has 5 heteroatoms. The number of thiazole rings is 1. The highest BCUT2D eigenvalue weighted by Crippen LogP contribution is 2.42. The summed E-state index contributed by atoms with van der Waals surface area (Å²) in [6.45, 7) is 3.82. The molecular formula is C13H20F2N2S. The second-order valence-corrected chi connectivity index (χ2v) is 5.89. The molecule has 1 atom stereocenters. The molecule has 0 saturated heterocycles. The predicted octanol–water partition coefficient (Wildman–Crippen LogP) is 3.94. The number of nitrogens with zero attached hydrogens (tertiary/aromatic N) is 1. The molecule has 1 saturated carbocycles. The van der Waals surface area contributed by atoms with Gasteiger partial charge in [0.2, 0.25) is 5.92 Å². The van der Waals surface area contributed by atoms with Crippen LogP contribution in [0, 0.1) is 0 Å². The number of nitrogens with one attached hydrogen (secondary N) is 1. The molecule has 2 nitrogen and oxygen atoms in total. The monoisotopic (exact) mass is 274 g/mol.